The summed E-state index contributed by atoms with van der Waals surface area (Å²) in [5.74, 6) is -2.92. The monoisotopic (exact) mass is 434 g/mol. The van der Waals surface area contributed by atoms with E-state index in [1.807, 2.05) is 23.5 Å². The largest absolute Gasteiger partial charge is 0.497 e. The van der Waals surface area contributed by atoms with Crippen molar-refractivity contribution in [2.45, 2.75) is 32.4 Å². The normalized spacial score (nSPS) is 17.8. The number of aliphatic carboxylic acids is 2. The highest BCUT2D eigenvalue weighted by molar-refractivity contribution is 7.10. The number of ether oxygens (including phenoxy) is 1. The van der Waals surface area contributed by atoms with Crippen LogP contribution in [0.2, 0.25) is 0 Å². The third kappa shape index (κ3) is 6.04. The smallest absolute Gasteiger partial charge is 0.414 e. The van der Waals surface area contributed by atoms with E-state index >= 15 is 0 Å². The average molecular weight is 435 g/mol. The first kappa shape index (κ1) is 23.4. The lowest BCUT2D eigenvalue weighted by Crippen LogP contribution is -2.44. The van der Waals surface area contributed by atoms with Crippen LogP contribution in [0.5, 0.6) is 5.75 Å². The van der Waals surface area contributed by atoms with Crippen molar-refractivity contribution in [3.63, 3.8) is 0 Å². The number of carbonyl (C=O) groups is 3. The molecule has 1 aliphatic rings. The average Bonchev–Trinajstić information content (AvgIpc) is 3.19. The lowest BCUT2D eigenvalue weighted by atomic mass is 9.97. The van der Waals surface area contributed by atoms with E-state index in [0.717, 1.165) is 18.7 Å². The van der Waals surface area contributed by atoms with E-state index in [9.17, 15) is 4.79 Å². The number of carbonyl (C=O) groups excluding carboxylic acids is 1. The molecule has 2 aromatic rings. The second kappa shape index (κ2) is 10.7. The third-order valence-corrected chi connectivity index (χ3v) is 6.06. The van der Waals surface area contributed by atoms with Crippen LogP contribution in [-0.4, -0.2) is 59.2 Å². The number of thiophene rings is 1. The first-order chi connectivity index (χ1) is 14.2. The molecule has 2 atom stereocenters. The Balaban J connectivity index is 0.000000469. The molecule has 9 heteroatoms. The predicted molar refractivity (Wildman–Crippen MR) is 113 cm³/mol. The number of rotatable bonds is 5. The van der Waals surface area contributed by atoms with Gasteiger partial charge in [0.15, 0.2) is 0 Å². The molecule has 0 saturated heterocycles. The molecule has 1 amide bonds. The fraction of sp³-hybridized carbons (Fsp3) is 0.381. The van der Waals surface area contributed by atoms with Gasteiger partial charge in [-0.2, -0.15) is 0 Å². The summed E-state index contributed by atoms with van der Waals surface area (Å²) in [6, 6.07) is 10.4. The van der Waals surface area contributed by atoms with Crippen LogP contribution < -0.4 is 10.1 Å². The van der Waals surface area contributed by atoms with Crippen LogP contribution in [0.15, 0.2) is 35.7 Å². The highest BCUT2D eigenvalue weighted by atomic mass is 32.1. The van der Waals surface area contributed by atoms with E-state index in [-0.39, 0.29) is 5.91 Å². The number of carboxylic acids is 2. The molecule has 2 unspecified atom stereocenters. The first-order valence-electron chi connectivity index (χ1n) is 9.45. The molecule has 2 heterocycles. The van der Waals surface area contributed by atoms with Crippen LogP contribution in [0.25, 0.3) is 0 Å². The molecule has 3 N–H and O–H groups in total. The second-order valence-electron chi connectivity index (χ2n) is 6.87. The van der Waals surface area contributed by atoms with Gasteiger partial charge >= 0.3 is 11.9 Å². The fourth-order valence-electron chi connectivity index (χ4n) is 3.41. The van der Waals surface area contributed by atoms with Gasteiger partial charge < -0.3 is 20.3 Å². The maximum Gasteiger partial charge on any atom is 0.414 e. The van der Waals surface area contributed by atoms with Gasteiger partial charge in [-0.15, -0.1) is 11.3 Å². The van der Waals surface area contributed by atoms with E-state index in [1.165, 1.54) is 10.4 Å². The van der Waals surface area contributed by atoms with E-state index < -0.39 is 11.9 Å². The summed E-state index contributed by atoms with van der Waals surface area (Å²) in [7, 11) is 1.62. The van der Waals surface area contributed by atoms with Crippen molar-refractivity contribution in [2.24, 2.45) is 0 Å². The van der Waals surface area contributed by atoms with Crippen molar-refractivity contribution in [1.29, 1.82) is 0 Å². The summed E-state index contributed by atoms with van der Waals surface area (Å²) < 4.78 is 5.12. The highest BCUT2D eigenvalue weighted by Gasteiger charge is 2.29. The molecule has 0 saturated carbocycles. The Bertz CT molecular complexity index is 868. The standard InChI is InChI=1S/C19H24N2O2S.C2H2O4/c1-13-12-16-8-11-24-18(16)14(2)21(13)10-9-20-19(22)15-4-6-17(23-3)7-5-15;3-1(4)2(5)6/h4-8,11,13-14H,9-10,12H2,1-3H3,(H,20,22);(H,3,4)(H,5,6). The number of hydrogen-bond donors (Lipinski definition) is 3. The molecule has 0 fully saturated rings. The minimum Gasteiger partial charge on any atom is -0.497 e. The van der Waals surface area contributed by atoms with Gasteiger partial charge in [-0.25, -0.2) is 9.59 Å². The van der Waals surface area contributed by atoms with Crippen LogP contribution in [0, 0.1) is 0 Å². The molecule has 162 valence electrons. The van der Waals surface area contributed by atoms with Gasteiger partial charge in [0.25, 0.3) is 5.91 Å². The molecule has 0 bridgehead atoms. The molecular weight excluding hydrogens is 408 g/mol. The van der Waals surface area contributed by atoms with Crippen molar-refractivity contribution in [2.75, 3.05) is 20.2 Å². The third-order valence-electron chi connectivity index (χ3n) is 4.93. The van der Waals surface area contributed by atoms with Crippen molar-refractivity contribution in [1.82, 2.24) is 10.2 Å². The Hall–Kier alpha value is -2.91. The fourth-order valence-corrected chi connectivity index (χ4v) is 4.42. The number of benzene rings is 1. The maximum atomic E-state index is 12.2. The molecule has 1 aliphatic heterocycles. The van der Waals surface area contributed by atoms with Crippen molar-refractivity contribution >= 4 is 29.2 Å². The van der Waals surface area contributed by atoms with Gasteiger partial charge in [0, 0.05) is 35.6 Å². The van der Waals surface area contributed by atoms with E-state index in [0.29, 0.717) is 24.2 Å². The topological polar surface area (TPSA) is 116 Å². The summed E-state index contributed by atoms with van der Waals surface area (Å²) in [6.45, 7) is 6.04. The Labute approximate surface area is 179 Å². The molecule has 30 heavy (non-hydrogen) atoms. The molecule has 8 nitrogen and oxygen atoms in total. The zero-order chi connectivity index (χ0) is 22.3. The lowest BCUT2D eigenvalue weighted by molar-refractivity contribution is -0.159. The molecule has 1 aromatic carbocycles. The summed E-state index contributed by atoms with van der Waals surface area (Å²) in [5.41, 5.74) is 2.15. The lowest BCUT2D eigenvalue weighted by Gasteiger charge is -2.38. The van der Waals surface area contributed by atoms with Gasteiger partial charge in [-0.1, -0.05) is 0 Å². The number of amides is 1. The molecule has 0 aliphatic carbocycles. The number of carboxylic acid groups (broad SMARTS) is 2. The Morgan fingerprint density at radius 3 is 2.33 bits per heavy atom. The first-order valence-corrected chi connectivity index (χ1v) is 10.3. The number of nitrogens with one attached hydrogen (secondary N) is 1. The second-order valence-corrected chi connectivity index (χ2v) is 7.82. The highest BCUT2D eigenvalue weighted by Crippen LogP contribution is 2.35. The zero-order valence-corrected chi connectivity index (χ0v) is 17.9. The van der Waals surface area contributed by atoms with Crippen LogP contribution >= 0.6 is 11.3 Å². The van der Waals surface area contributed by atoms with Gasteiger partial charge in [-0.05, 0) is 61.5 Å². The number of nitrogens with zero attached hydrogens (tertiary/aromatic N) is 1. The number of methoxy groups -OCH3 is 1. The minimum atomic E-state index is -1.82. The molecule has 0 radical (unpaired) electrons. The molecular formula is C21H26N2O6S. The Morgan fingerprint density at radius 2 is 1.77 bits per heavy atom. The van der Waals surface area contributed by atoms with Crippen LogP contribution in [0.4, 0.5) is 0 Å². The quantitative estimate of drug-likeness (QED) is 0.620. The van der Waals surface area contributed by atoms with Gasteiger partial charge in [0.2, 0.25) is 0 Å². The molecule has 1 aromatic heterocycles. The summed E-state index contributed by atoms with van der Waals surface area (Å²) in [6.07, 6.45) is 1.09. The van der Waals surface area contributed by atoms with E-state index in [1.54, 1.807) is 19.2 Å². The summed E-state index contributed by atoms with van der Waals surface area (Å²) >= 11 is 1.84. The van der Waals surface area contributed by atoms with E-state index in [2.05, 4.69) is 35.5 Å². The van der Waals surface area contributed by atoms with Crippen molar-refractivity contribution in [3.05, 3.63) is 51.7 Å². The molecule has 0 spiro atoms. The summed E-state index contributed by atoms with van der Waals surface area (Å²) in [5, 5.41) is 20.0. The van der Waals surface area contributed by atoms with Gasteiger partial charge in [-0.3, -0.25) is 9.69 Å². The minimum absolute atomic E-state index is 0.0354. The Morgan fingerprint density at radius 1 is 1.13 bits per heavy atom. The van der Waals surface area contributed by atoms with Crippen LogP contribution in [0.3, 0.4) is 0 Å². The number of fused-ring (bicyclic) bond motifs is 1. The maximum absolute atomic E-state index is 12.2. The van der Waals surface area contributed by atoms with E-state index in [4.69, 9.17) is 24.5 Å². The van der Waals surface area contributed by atoms with Crippen molar-refractivity contribution in [3.8, 4) is 5.75 Å². The summed E-state index contributed by atoms with van der Waals surface area (Å²) in [4.78, 5) is 34.4. The number of hydrogen-bond acceptors (Lipinski definition) is 6. The van der Waals surface area contributed by atoms with Crippen LogP contribution in [-0.2, 0) is 16.0 Å². The van der Waals surface area contributed by atoms with Gasteiger partial charge in [0.1, 0.15) is 5.75 Å². The zero-order valence-electron chi connectivity index (χ0n) is 17.1. The predicted octanol–water partition coefficient (Wildman–Crippen LogP) is 2.65. The SMILES string of the molecule is COc1ccc(C(=O)NCCN2C(C)Cc3ccsc3C2C)cc1.O=C(O)C(=O)O. The van der Waals surface area contributed by atoms with Crippen LogP contribution in [0.1, 0.15) is 40.7 Å². The van der Waals surface area contributed by atoms with Crippen molar-refractivity contribution < 1.29 is 29.3 Å². The Kier molecular flexibility index (Phi) is 8.37. The molecule has 3 rings (SSSR count). The van der Waals surface area contributed by atoms with Gasteiger partial charge in [0.05, 0.1) is 7.11 Å².